The minimum atomic E-state index is 0. The first-order valence-electron chi connectivity index (χ1n) is 8.87. The van der Waals surface area contributed by atoms with Crippen LogP contribution in [0.1, 0.15) is 29.9 Å². The topological polar surface area (TPSA) is 39.7 Å². The molecule has 6 heteroatoms. The van der Waals surface area contributed by atoms with Crippen LogP contribution in [0.4, 0.5) is 0 Å². The van der Waals surface area contributed by atoms with E-state index < -0.39 is 0 Å². The first kappa shape index (κ1) is 21.2. The second-order valence-electron chi connectivity index (χ2n) is 7.11. The van der Waals surface area contributed by atoms with Crippen molar-refractivity contribution in [2.45, 2.75) is 38.9 Å². The van der Waals surface area contributed by atoms with Crippen molar-refractivity contribution in [3.05, 3.63) is 57.8 Å². The molecular weight excluding hydrogens is 455 g/mol. The highest BCUT2D eigenvalue weighted by Gasteiger charge is 2.29. The number of aliphatic imine (C=N–C) groups is 1. The van der Waals surface area contributed by atoms with Gasteiger partial charge in [0.15, 0.2) is 5.96 Å². The molecule has 0 saturated heterocycles. The molecule has 0 bridgehead atoms. The number of benzene rings is 1. The number of hydrogen-bond donors (Lipinski definition) is 2. The van der Waals surface area contributed by atoms with Gasteiger partial charge < -0.3 is 10.6 Å². The van der Waals surface area contributed by atoms with Crippen LogP contribution in [0.3, 0.4) is 0 Å². The standard InChI is InChI=1S/C20H28N4S.HI/c1-20(2,24-11-10-16-7-4-5-8-17(16)14-24)15-23-19(21-3)22-13-18-9-6-12-25-18;/h4-9,12H,10-11,13-15H2,1-3H3,(H2,21,22,23);1H. The predicted octanol–water partition coefficient (Wildman–Crippen LogP) is 3.87. The van der Waals surface area contributed by atoms with E-state index in [1.807, 2.05) is 7.05 Å². The number of hydrogen-bond acceptors (Lipinski definition) is 3. The molecule has 1 aromatic carbocycles. The maximum absolute atomic E-state index is 4.35. The smallest absolute Gasteiger partial charge is 0.191 e. The molecule has 0 fully saturated rings. The largest absolute Gasteiger partial charge is 0.355 e. The molecule has 3 rings (SSSR count). The zero-order valence-corrected chi connectivity index (χ0v) is 18.9. The lowest BCUT2D eigenvalue weighted by Crippen LogP contribution is -2.54. The Kier molecular flexibility index (Phi) is 7.91. The van der Waals surface area contributed by atoms with E-state index in [9.17, 15) is 0 Å². The van der Waals surface area contributed by atoms with Crippen molar-refractivity contribution in [3.63, 3.8) is 0 Å². The Bertz CT molecular complexity index is 712. The third kappa shape index (κ3) is 5.44. The zero-order chi connectivity index (χ0) is 17.7. The normalized spacial score (nSPS) is 15.1. The van der Waals surface area contributed by atoms with Crippen molar-refractivity contribution in [2.24, 2.45) is 4.99 Å². The number of rotatable bonds is 5. The quantitative estimate of drug-likeness (QED) is 0.385. The molecule has 142 valence electrons. The van der Waals surface area contributed by atoms with Crippen LogP contribution in [0.25, 0.3) is 0 Å². The predicted molar refractivity (Wildman–Crippen MR) is 123 cm³/mol. The number of halogens is 1. The summed E-state index contributed by atoms with van der Waals surface area (Å²) in [5.74, 6) is 0.860. The highest BCUT2D eigenvalue weighted by atomic mass is 127. The lowest BCUT2D eigenvalue weighted by atomic mass is 9.94. The van der Waals surface area contributed by atoms with E-state index in [4.69, 9.17) is 0 Å². The molecule has 0 spiro atoms. The van der Waals surface area contributed by atoms with E-state index in [-0.39, 0.29) is 29.5 Å². The molecule has 2 aromatic rings. The van der Waals surface area contributed by atoms with Gasteiger partial charge in [-0.25, -0.2) is 0 Å². The lowest BCUT2D eigenvalue weighted by Gasteiger charge is -2.42. The summed E-state index contributed by atoms with van der Waals surface area (Å²) in [6.07, 6.45) is 1.13. The molecule has 26 heavy (non-hydrogen) atoms. The Morgan fingerprint density at radius 2 is 1.92 bits per heavy atom. The summed E-state index contributed by atoms with van der Waals surface area (Å²) >= 11 is 1.76. The molecule has 0 radical (unpaired) electrons. The van der Waals surface area contributed by atoms with Gasteiger partial charge in [-0.1, -0.05) is 30.3 Å². The molecule has 0 amide bonds. The molecule has 0 saturated carbocycles. The second kappa shape index (κ2) is 9.71. The van der Waals surface area contributed by atoms with Gasteiger partial charge in [-0.2, -0.15) is 0 Å². The molecule has 2 heterocycles. The van der Waals surface area contributed by atoms with Crippen molar-refractivity contribution in [1.29, 1.82) is 0 Å². The Labute approximate surface area is 178 Å². The van der Waals surface area contributed by atoms with Crippen molar-refractivity contribution in [1.82, 2.24) is 15.5 Å². The van der Waals surface area contributed by atoms with E-state index in [2.05, 4.69) is 76.2 Å². The highest BCUT2D eigenvalue weighted by Crippen LogP contribution is 2.24. The van der Waals surface area contributed by atoms with Gasteiger partial charge in [-0.05, 0) is 42.8 Å². The van der Waals surface area contributed by atoms with E-state index in [1.54, 1.807) is 11.3 Å². The van der Waals surface area contributed by atoms with Gasteiger partial charge in [-0.3, -0.25) is 9.89 Å². The maximum Gasteiger partial charge on any atom is 0.191 e. The summed E-state index contributed by atoms with van der Waals surface area (Å²) in [6, 6.07) is 13.0. The van der Waals surface area contributed by atoms with E-state index in [1.165, 1.54) is 16.0 Å². The Morgan fingerprint density at radius 1 is 1.15 bits per heavy atom. The molecule has 0 aliphatic carbocycles. The fourth-order valence-corrected chi connectivity index (χ4v) is 3.87. The first-order valence-corrected chi connectivity index (χ1v) is 9.75. The van der Waals surface area contributed by atoms with Crippen LogP contribution in [0.2, 0.25) is 0 Å². The van der Waals surface area contributed by atoms with Gasteiger partial charge in [0.1, 0.15) is 0 Å². The average Bonchev–Trinajstić information content (AvgIpc) is 3.15. The number of nitrogens with zero attached hydrogens (tertiary/aromatic N) is 2. The van der Waals surface area contributed by atoms with Crippen LogP contribution in [-0.4, -0.2) is 36.5 Å². The molecule has 1 aromatic heterocycles. The summed E-state index contributed by atoms with van der Waals surface area (Å²) in [5.41, 5.74) is 3.02. The summed E-state index contributed by atoms with van der Waals surface area (Å²) in [4.78, 5) is 8.23. The number of thiophene rings is 1. The van der Waals surface area contributed by atoms with Crippen LogP contribution in [0.5, 0.6) is 0 Å². The third-order valence-corrected chi connectivity index (χ3v) is 5.79. The first-order chi connectivity index (χ1) is 12.1. The van der Waals surface area contributed by atoms with Crippen LogP contribution in [0, 0.1) is 0 Å². The minimum absolute atomic E-state index is 0. The second-order valence-corrected chi connectivity index (χ2v) is 8.14. The van der Waals surface area contributed by atoms with Crippen molar-refractivity contribution < 1.29 is 0 Å². The summed E-state index contributed by atoms with van der Waals surface area (Å²) in [6.45, 7) is 8.41. The molecule has 0 unspecified atom stereocenters. The van der Waals surface area contributed by atoms with Gasteiger partial charge in [-0.15, -0.1) is 35.3 Å². The zero-order valence-electron chi connectivity index (χ0n) is 15.8. The van der Waals surface area contributed by atoms with Crippen molar-refractivity contribution in [2.75, 3.05) is 20.1 Å². The van der Waals surface area contributed by atoms with Crippen LogP contribution in [0.15, 0.2) is 46.8 Å². The number of guanidine groups is 1. The molecule has 4 nitrogen and oxygen atoms in total. The molecular formula is C20H29IN4S. The van der Waals surface area contributed by atoms with Gasteiger partial charge in [0.05, 0.1) is 6.54 Å². The molecule has 0 atom stereocenters. The summed E-state index contributed by atoms with van der Waals surface area (Å²) in [7, 11) is 1.83. The van der Waals surface area contributed by atoms with Gasteiger partial charge in [0.2, 0.25) is 0 Å². The average molecular weight is 484 g/mol. The third-order valence-electron chi connectivity index (χ3n) is 4.91. The Balaban J connectivity index is 0.00000243. The van der Waals surface area contributed by atoms with Gasteiger partial charge in [0, 0.05) is 37.1 Å². The lowest BCUT2D eigenvalue weighted by molar-refractivity contribution is 0.107. The van der Waals surface area contributed by atoms with Crippen molar-refractivity contribution in [3.8, 4) is 0 Å². The van der Waals surface area contributed by atoms with Gasteiger partial charge >= 0.3 is 0 Å². The van der Waals surface area contributed by atoms with E-state index in [0.717, 1.165) is 38.6 Å². The van der Waals surface area contributed by atoms with Crippen LogP contribution < -0.4 is 10.6 Å². The van der Waals surface area contributed by atoms with Crippen LogP contribution >= 0.6 is 35.3 Å². The summed E-state index contributed by atoms with van der Waals surface area (Å²) in [5, 5.41) is 8.99. The Morgan fingerprint density at radius 3 is 2.62 bits per heavy atom. The fourth-order valence-electron chi connectivity index (χ4n) is 3.23. The van der Waals surface area contributed by atoms with E-state index >= 15 is 0 Å². The molecule has 1 aliphatic heterocycles. The Hall–Kier alpha value is -1.12. The monoisotopic (exact) mass is 484 g/mol. The van der Waals surface area contributed by atoms with Gasteiger partial charge in [0.25, 0.3) is 0 Å². The SMILES string of the molecule is CN=C(NCc1cccs1)NCC(C)(C)N1CCc2ccccc2C1.I. The summed E-state index contributed by atoms with van der Waals surface area (Å²) < 4.78 is 0. The number of fused-ring (bicyclic) bond motifs is 1. The molecule has 2 N–H and O–H groups in total. The fraction of sp³-hybridized carbons (Fsp3) is 0.450. The number of nitrogens with one attached hydrogen (secondary N) is 2. The van der Waals surface area contributed by atoms with Crippen LogP contribution in [-0.2, 0) is 19.5 Å². The minimum Gasteiger partial charge on any atom is -0.355 e. The van der Waals surface area contributed by atoms with Crippen molar-refractivity contribution >= 4 is 41.3 Å². The maximum atomic E-state index is 4.35. The highest BCUT2D eigenvalue weighted by molar-refractivity contribution is 14.0. The molecule has 1 aliphatic rings. The van der Waals surface area contributed by atoms with E-state index in [0.29, 0.717) is 0 Å².